The maximum atomic E-state index is 13.5. The molecule has 0 bridgehead atoms. The molecule has 1 heterocycles. The molecule has 2 saturated carbocycles. The van der Waals surface area contributed by atoms with Gasteiger partial charge in [0.1, 0.15) is 6.04 Å². The number of anilines is 1. The van der Waals surface area contributed by atoms with Crippen molar-refractivity contribution in [3.63, 3.8) is 0 Å². The SMILES string of the molecule is O=C1CC(N(C(=O)C2CCCCC2)C2CCCC2)C(=O)N1c1ccc(Br)cc1. The molecule has 5 nitrogen and oxygen atoms in total. The Labute approximate surface area is 174 Å². The van der Waals surface area contributed by atoms with Gasteiger partial charge in [-0.2, -0.15) is 0 Å². The highest BCUT2D eigenvalue weighted by atomic mass is 79.9. The van der Waals surface area contributed by atoms with E-state index in [0.29, 0.717) is 5.69 Å². The fourth-order valence-corrected chi connectivity index (χ4v) is 5.29. The maximum Gasteiger partial charge on any atom is 0.257 e. The van der Waals surface area contributed by atoms with Crippen LogP contribution in [0.3, 0.4) is 0 Å². The summed E-state index contributed by atoms with van der Waals surface area (Å²) < 4.78 is 0.895. The molecular weight excluding hydrogens is 420 g/mol. The van der Waals surface area contributed by atoms with Crippen molar-refractivity contribution < 1.29 is 14.4 Å². The van der Waals surface area contributed by atoms with Crippen LogP contribution in [-0.4, -0.2) is 34.7 Å². The van der Waals surface area contributed by atoms with Gasteiger partial charge in [0, 0.05) is 16.4 Å². The Hall–Kier alpha value is -1.69. The Balaban J connectivity index is 1.60. The van der Waals surface area contributed by atoms with Gasteiger partial charge in [-0.3, -0.25) is 14.4 Å². The molecule has 3 aliphatic rings. The normalized spacial score (nSPS) is 24.2. The molecule has 150 valence electrons. The van der Waals surface area contributed by atoms with Crippen LogP contribution in [0.4, 0.5) is 5.69 Å². The number of imide groups is 1. The molecule has 28 heavy (non-hydrogen) atoms. The van der Waals surface area contributed by atoms with E-state index in [1.54, 1.807) is 12.1 Å². The predicted molar refractivity (Wildman–Crippen MR) is 111 cm³/mol. The molecule has 1 aliphatic heterocycles. The molecule has 6 heteroatoms. The van der Waals surface area contributed by atoms with E-state index in [-0.39, 0.29) is 36.1 Å². The number of nitrogens with zero attached hydrogens (tertiary/aromatic N) is 2. The van der Waals surface area contributed by atoms with Gasteiger partial charge >= 0.3 is 0 Å². The number of hydrogen-bond donors (Lipinski definition) is 0. The van der Waals surface area contributed by atoms with E-state index < -0.39 is 6.04 Å². The molecule has 0 aromatic heterocycles. The Morgan fingerprint density at radius 3 is 2.18 bits per heavy atom. The summed E-state index contributed by atoms with van der Waals surface area (Å²) in [5.41, 5.74) is 0.581. The molecule has 0 spiro atoms. The van der Waals surface area contributed by atoms with Gasteiger partial charge < -0.3 is 4.90 Å². The molecule has 3 amide bonds. The molecule has 2 aliphatic carbocycles. The summed E-state index contributed by atoms with van der Waals surface area (Å²) in [5.74, 6) is -0.338. The van der Waals surface area contributed by atoms with Crippen LogP contribution in [0.15, 0.2) is 28.7 Å². The molecule has 1 atom stereocenters. The number of hydrogen-bond acceptors (Lipinski definition) is 3. The summed E-state index contributed by atoms with van der Waals surface area (Å²) in [6.07, 6.45) is 9.32. The first-order valence-corrected chi connectivity index (χ1v) is 11.3. The topological polar surface area (TPSA) is 57.7 Å². The van der Waals surface area contributed by atoms with Crippen LogP contribution in [0.25, 0.3) is 0 Å². The van der Waals surface area contributed by atoms with Gasteiger partial charge in [-0.25, -0.2) is 4.90 Å². The number of carbonyl (C=O) groups excluding carboxylic acids is 3. The maximum absolute atomic E-state index is 13.5. The highest BCUT2D eigenvalue weighted by molar-refractivity contribution is 9.10. The van der Waals surface area contributed by atoms with Gasteiger partial charge in [0.15, 0.2) is 0 Å². The number of rotatable bonds is 4. The van der Waals surface area contributed by atoms with E-state index in [4.69, 9.17) is 0 Å². The van der Waals surface area contributed by atoms with Crippen molar-refractivity contribution in [1.82, 2.24) is 4.90 Å². The minimum absolute atomic E-state index is 0.0129. The van der Waals surface area contributed by atoms with Gasteiger partial charge in [0.25, 0.3) is 5.91 Å². The highest BCUT2D eigenvalue weighted by Gasteiger charge is 2.47. The van der Waals surface area contributed by atoms with Crippen LogP contribution < -0.4 is 4.90 Å². The van der Waals surface area contributed by atoms with Gasteiger partial charge in [-0.05, 0) is 49.9 Å². The molecule has 3 fully saturated rings. The van der Waals surface area contributed by atoms with Gasteiger partial charge in [-0.15, -0.1) is 0 Å². The molecule has 1 aromatic carbocycles. The largest absolute Gasteiger partial charge is 0.327 e. The first-order chi connectivity index (χ1) is 13.6. The van der Waals surface area contributed by atoms with Crippen molar-refractivity contribution in [3.8, 4) is 0 Å². The lowest BCUT2D eigenvalue weighted by Gasteiger charge is -2.36. The Kier molecular flexibility index (Phi) is 5.85. The van der Waals surface area contributed by atoms with Crippen LogP contribution in [-0.2, 0) is 14.4 Å². The lowest BCUT2D eigenvalue weighted by Crippen LogP contribution is -2.52. The Morgan fingerprint density at radius 1 is 0.929 bits per heavy atom. The number of carbonyl (C=O) groups is 3. The van der Waals surface area contributed by atoms with Crippen molar-refractivity contribution in [1.29, 1.82) is 0 Å². The van der Waals surface area contributed by atoms with E-state index in [9.17, 15) is 14.4 Å². The van der Waals surface area contributed by atoms with E-state index in [1.165, 1.54) is 11.3 Å². The smallest absolute Gasteiger partial charge is 0.257 e. The average Bonchev–Trinajstić information content (AvgIpc) is 3.33. The summed E-state index contributed by atoms with van der Waals surface area (Å²) in [5, 5.41) is 0. The minimum atomic E-state index is -0.645. The molecule has 4 rings (SSSR count). The number of halogens is 1. The summed E-state index contributed by atoms with van der Waals surface area (Å²) in [4.78, 5) is 42.6. The minimum Gasteiger partial charge on any atom is -0.327 e. The van der Waals surface area contributed by atoms with Crippen LogP contribution in [0, 0.1) is 5.92 Å². The standard InChI is InChI=1S/C22H27BrN2O3/c23-16-10-12-18(13-11-16)25-20(26)14-19(22(25)28)24(17-8-4-5-9-17)21(27)15-6-2-1-3-7-15/h10-13,15,17,19H,1-9,14H2. The predicted octanol–water partition coefficient (Wildman–Crippen LogP) is 4.43. The second-order valence-corrected chi connectivity index (χ2v) is 9.20. The summed E-state index contributed by atoms with van der Waals surface area (Å²) in [6, 6.07) is 6.64. The second kappa shape index (κ2) is 8.36. The van der Waals surface area contributed by atoms with Crippen LogP contribution in [0.1, 0.15) is 64.2 Å². The van der Waals surface area contributed by atoms with Crippen LogP contribution in [0.5, 0.6) is 0 Å². The molecule has 1 unspecified atom stereocenters. The summed E-state index contributed by atoms with van der Waals surface area (Å²) in [7, 11) is 0. The third-order valence-corrected chi connectivity index (χ3v) is 7.00. The van der Waals surface area contributed by atoms with Gasteiger partial charge in [0.05, 0.1) is 12.1 Å². The van der Waals surface area contributed by atoms with Crippen molar-refractivity contribution in [2.45, 2.75) is 76.3 Å². The quantitative estimate of drug-likeness (QED) is 0.642. The number of amides is 3. The van der Waals surface area contributed by atoms with Crippen LogP contribution >= 0.6 is 15.9 Å². The summed E-state index contributed by atoms with van der Waals surface area (Å²) >= 11 is 3.39. The van der Waals surface area contributed by atoms with E-state index in [0.717, 1.165) is 55.8 Å². The van der Waals surface area contributed by atoms with Gasteiger partial charge in [-0.1, -0.05) is 48.0 Å². The fraction of sp³-hybridized carbons (Fsp3) is 0.591. The third kappa shape index (κ3) is 3.76. The zero-order chi connectivity index (χ0) is 19.7. The molecular formula is C22H27BrN2O3. The van der Waals surface area contributed by atoms with Crippen molar-refractivity contribution >= 4 is 39.3 Å². The van der Waals surface area contributed by atoms with Crippen molar-refractivity contribution in [2.75, 3.05) is 4.90 Å². The van der Waals surface area contributed by atoms with E-state index >= 15 is 0 Å². The Bertz CT molecular complexity index is 752. The first kappa shape index (κ1) is 19.6. The van der Waals surface area contributed by atoms with Gasteiger partial charge in [0.2, 0.25) is 11.8 Å². The first-order valence-electron chi connectivity index (χ1n) is 10.5. The Morgan fingerprint density at radius 2 is 1.54 bits per heavy atom. The summed E-state index contributed by atoms with van der Waals surface area (Å²) in [6.45, 7) is 0. The third-order valence-electron chi connectivity index (χ3n) is 6.47. The lowest BCUT2D eigenvalue weighted by molar-refractivity contribution is -0.145. The molecule has 1 aromatic rings. The van der Waals surface area contributed by atoms with Crippen molar-refractivity contribution in [3.05, 3.63) is 28.7 Å². The second-order valence-electron chi connectivity index (χ2n) is 8.28. The average molecular weight is 447 g/mol. The molecule has 0 radical (unpaired) electrons. The number of benzene rings is 1. The monoisotopic (exact) mass is 446 g/mol. The molecule has 0 N–H and O–H groups in total. The van der Waals surface area contributed by atoms with E-state index in [2.05, 4.69) is 15.9 Å². The van der Waals surface area contributed by atoms with E-state index in [1.807, 2.05) is 17.0 Å². The lowest BCUT2D eigenvalue weighted by atomic mass is 9.87. The highest BCUT2D eigenvalue weighted by Crippen LogP contribution is 2.35. The van der Waals surface area contributed by atoms with Crippen LogP contribution in [0.2, 0.25) is 0 Å². The molecule has 1 saturated heterocycles. The fourth-order valence-electron chi connectivity index (χ4n) is 5.03. The zero-order valence-electron chi connectivity index (χ0n) is 16.1. The zero-order valence-corrected chi connectivity index (χ0v) is 17.7. The van der Waals surface area contributed by atoms with Crippen molar-refractivity contribution in [2.24, 2.45) is 5.92 Å².